The molecule has 0 unspecified atom stereocenters. The van der Waals surface area contributed by atoms with Crippen molar-refractivity contribution in [3.63, 3.8) is 0 Å². The molecule has 1 aromatic rings. The summed E-state index contributed by atoms with van der Waals surface area (Å²) < 4.78 is 0. The van der Waals surface area contributed by atoms with E-state index >= 15 is 0 Å². The third-order valence-electron chi connectivity index (χ3n) is 4.04. The van der Waals surface area contributed by atoms with Gasteiger partial charge in [0.25, 0.3) is 0 Å². The smallest absolute Gasteiger partial charge is 0.238 e. The molecule has 2 rings (SSSR count). The highest BCUT2D eigenvalue weighted by Crippen LogP contribution is 2.21. The van der Waals surface area contributed by atoms with Crippen molar-refractivity contribution in [1.82, 2.24) is 4.90 Å². The number of carbonyl (C=O) groups excluding carboxylic acids is 1. The van der Waals surface area contributed by atoms with Gasteiger partial charge in [0.05, 0.1) is 13.2 Å². The zero-order chi connectivity index (χ0) is 16.5. The Kier molecular flexibility index (Phi) is 7.10. The lowest BCUT2D eigenvalue weighted by Gasteiger charge is -2.28. The number of hydrogen-bond donors (Lipinski definition) is 2. The van der Waals surface area contributed by atoms with Crippen molar-refractivity contribution in [2.45, 2.75) is 19.3 Å². The van der Waals surface area contributed by atoms with Gasteiger partial charge in [-0.15, -0.1) is 6.58 Å². The van der Waals surface area contributed by atoms with E-state index in [9.17, 15) is 4.79 Å². The van der Waals surface area contributed by atoms with Crippen LogP contribution in [0.15, 0.2) is 36.9 Å². The van der Waals surface area contributed by atoms with Crippen molar-refractivity contribution in [3.05, 3.63) is 36.9 Å². The largest absolute Gasteiger partial charge is 0.395 e. The summed E-state index contributed by atoms with van der Waals surface area (Å²) >= 11 is 0. The number of aliphatic hydroxyl groups is 1. The molecule has 0 bridgehead atoms. The maximum absolute atomic E-state index is 12.1. The quantitative estimate of drug-likeness (QED) is 0.721. The number of benzene rings is 1. The minimum Gasteiger partial charge on any atom is -0.395 e. The second-order valence-corrected chi connectivity index (χ2v) is 5.89. The zero-order valence-electron chi connectivity index (χ0n) is 13.7. The molecule has 0 radical (unpaired) electrons. The van der Waals surface area contributed by atoms with Crippen LogP contribution in [0.2, 0.25) is 0 Å². The topological polar surface area (TPSA) is 55.8 Å². The van der Waals surface area contributed by atoms with Crippen molar-refractivity contribution < 1.29 is 9.90 Å². The average molecular weight is 317 g/mol. The first-order valence-electron chi connectivity index (χ1n) is 8.32. The fraction of sp³-hybridized carbons (Fsp3) is 0.500. The molecule has 1 aliphatic rings. The zero-order valence-corrected chi connectivity index (χ0v) is 13.7. The number of rotatable bonds is 8. The van der Waals surface area contributed by atoms with Crippen molar-refractivity contribution in [1.29, 1.82) is 0 Å². The molecule has 1 aliphatic heterocycles. The minimum atomic E-state index is -0.0778. The van der Waals surface area contributed by atoms with Gasteiger partial charge in [-0.3, -0.25) is 9.69 Å². The van der Waals surface area contributed by atoms with Gasteiger partial charge < -0.3 is 15.3 Å². The molecule has 0 saturated carbocycles. The number of hydrogen-bond acceptors (Lipinski definition) is 4. The maximum Gasteiger partial charge on any atom is 0.238 e. The van der Waals surface area contributed by atoms with Gasteiger partial charge in [-0.25, -0.2) is 0 Å². The Hall–Kier alpha value is -1.85. The van der Waals surface area contributed by atoms with E-state index in [1.54, 1.807) is 6.08 Å². The predicted octanol–water partition coefficient (Wildman–Crippen LogP) is 2.10. The molecule has 1 aromatic carbocycles. The molecule has 23 heavy (non-hydrogen) atoms. The summed E-state index contributed by atoms with van der Waals surface area (Å²) in [5.41, 5.74) is 2.02. The Labute approximate surface area is 138 Å². The van der Waals surface area contributed by atoms with Crippen LogP contribution in [0.1, 0.15) is 19.3 Å². The summed E-state index contributed by atoms with van der Waals surface area (Å²) in [5, 5.41) is 11.9. The molecular weight excluding hydrogens is 290 g/mol. The highest BCUT2D eigenvalue weighted by Gasteiger charge is 2.12. The molecule has 1 amide bonds. The van der Waals surface area contributed by atoms with E-state index in [1.807, 2.05) is 17.0 Å². The second-order valence-electron chi connectivity index (χ2n) is 5.89. The number of carbonyl (C=O) groups is 1. The van der Waals surface area contributed by atoms with Crippen LogP contribution in [0.5, 0.6) is 0 Å². The highest BCUT2D eigenvalue weighted by atomic mass is 16.3. The molecule has 1 saturated heterocycles. The standard InChI is InChI=1S/C18H27N3O2/c1-2-10-20(13-14-22)15-18(23)19-16-6-8-17(9-7-16)21-11-4-3-5-12-21/h2,6-9,22H,1,3-5,10-15H2,(H,19,23). The van der Waals surface area contributed by atoms with Crippen molar-refractivity contribution in [3.8, 4) is 0 Å². The van der Waals surface area contributed by atoms with Gasteiger partial charge in [-0.2, -0.15) is 0 Å². The van der Waals surface area contributed by atoms with Crippen molar-refractivity contribution >= 4 is 17.3 Å². The van der Waals surface area contributed by atoms with E-state index in [2.05, 4.69) is 28.9 Å². The van der Waals surface area contributed by atoms with Crippen LogP contribution in [-0.4, -0.2) is 55.2 Å². The Balaban J connectivity index is 1.86. The van der Waals surface area contributed by atoms with Gasteiger partial charge in [0.2, 0.25) is 5.91 Å². The fourth-order valence-corrected chi connectivity index (χ4v) is 2.87. The number of anilines is 2. The summed E-state index contributed by atoms with van der Waals surface area (Å²) in [6, 6.07) is 8.03. The molecular formula is C18H27N3O2. The summed E-state index contributed by atoms with van der Waals surface area (Å²) in [4.78, 5) is 16.3. The third kappa shape index (κ3) is 5.69. The Bertz CT molecular complexity index is 495. The molecule has 126 valence electrons. The van der Waals surface area contributed by atoms with E-state index in [0.717, 1.165) is 18.8 Å². The second kappa shape index (κ2) is 9.33. The van der Waals surface area contributed by atoms with Crippen LogP contribution >= 0.6 is 0 Å². The molecule has 0 atom stereocenters. The summed E-state index contributed by atoms with van der Waals surface area (Å²) in [6.45, 7) is 7.23. The molecule has 0 aliphatic carbocycles. The van der Waals surface area contributed by atoms with Gasteiger partial charge in [-0.05, 0) is 43.5 Å². The monoisotopic (exact) mass is 317 g/mol. The first-order chi connectivity index (χ1) is 11.2. The lowest BCUT2D eigenvalue weighted by molar-refractivity contribution is -0.117. The van der Waals surface area contributed by atoms with Crippen LogP contribution in [0.25, 0.3) is 0 Å². The van der Waals surface area contributed by atoms with Gasteiger partial charge in [0.1, 0.15) is 0 Å². The van der Waals surface area contributed by atoms with Crippen LogP contribution in [0, 0.1) is 0 Å². The van der Waals surface area contributed by atoms with E-state index in [1.165, 1.54) is 24.9 Å². The molecule has 0 aromatic heterocycles. The van der Waals surface area contributed by atoms with Crippen LogP contribution in [0.4, 0.5) is 11.4 Å². The molecule has 1 fully saturated rings. The molecule has 2 N–H and O–H groups in total. The minimum absolute atomic E-state index is 0.0334. The number of amides is 1. The number of nitrogens with zero attached hydrogens (tertiary/aromatic N) is 2. The van der Waals surface area contributed by atoms with Crippen molar-refractivity contribution in [2.75, 3.05) is 49.5 Å². The molecule has 5 nitrogen and oxygen atoms in total. The van der Waals surface area contributed by atoms with E-state index < -0.39 is 0 Å². The summed E-state index contributed by atoms with van der Waals surface area (Å²) in [5.74, 6) is -0.0778. The highest BCUT2D eigenvalue weighted by molar-refractivity contribution is 5.92. The van der Waals surface area contributed by atoms with Crippen molar-refractivity contribution in [2.24, 2.45) is 0 Å². The molecule has 1 heterocycles. The number of aliphatic hydroxyl groups excluding tert-OH is 1. The average Bonchev–Trinajstić information content (AvgIpc) is 2.57. The first-order valence-corrected chi connectivity index (χ1v) is 8.32. The van der Waals surface area contributed by atoms with Crippen LogP contribution in [0.3, 0.4) is 0 Å². The predicted molar refractivity (Wildman–Crippen MR) is 94.9 cm³/mol. The van der Waals surface area contributed by atoms with Gasteiger partial charge >= 0.3 is 0 Å². The lowest BCUT2D eigenvalue weighted by atomic mass is 10.1. The summed E-state index contributed by atoms with van der Waals surface area (Å²) in [7, 11) is 0. The molecule has 5 heteroatoms. The number of piperidine rings is 1. The van der Waals surface area contributed by atoms with E-state index in [-0.39, 0.29) is 19.1 Å². The van der Waals surface area contributed by atoms with Gasteiger partial charge in [0, 0.05) is 37.6 Å². The van der Waals surface area contributed by atoms with Gasteiger partial charge in [0.15, 0.2) is 0 Å². The normalized spacial score (nSPS) is 14.8. The summed E-state index contributed by atoms with van der Waals surface area (Å²) in [6.07, 6.45) is 5.56. The Morgan fingerprint density at radius 1 is 1.26 bits per heavy atom. The Morgan fingerprint density at radius 2 is 1.96 bits per heavy atom. The van der Waals surface area contributed by atoms with Gasteiger partial charge in [-0.1, -0.05) is 6.08 Å². The third-order valence-corrected chi connectivity index (χ3v) is 4.04. The number of nitrogens with one attached hydrogen (secondary N) is 1. The fourth-order valence-electron chi connectivity index (χ4n) is 2.87. The van der Waals surface area contributed by atoms with Crippen LogP contribution < -0.4 is 10.2 Å². The Morgan fingerprint density at radius 3 is 2.57 bits per heavy atom. The van der Waals surface area contributed by atoms with E-state index in [4.69, 9.17) is 5.11 Å². The SMILES string of the molecule is C=CCN(CCO)CC(=O)Nc1ccc(N2CCCCC2)cc1. The van der Waals surface area contributed by atoms with Crippen LogP contribution in [-0.2, 0) is 4.79 Å². The van der Waals surface area contributed by atoms with E-state index in [0.29, 0.717) is 13.1 Å². The lowest BCUT2D eigenvalue weighted by Crippen LogP contribution is -2.35. The first kappa shape index (κ1) is 17.5. The molecule has 0 spiro atoms. The maximum atomic E-state index is 12.1.